The van der Waals surface area contributed by atoms with Crippen LogP contribution >= 0.6 is 0 Å². The molecule has 2 aromatic carbocycles. The molecule has 4 rings (SSSR count). The highest BCUT2D eigenvalue weighted by Crippen LogP contribution is 2.38. The zero-order chi connectivity index (χ0) is 18.4. The summed E-state index contributed by atoms with van der Waals surface area (Å²) in [5, 5.41) is 4.56. The van der Waals surface area contributed by atoms with Gasteiger partial charge < -0.3 is 14.8 Å². The molecule has 0 saturated carbocycles. The van der Waals surface area contributed by atoms with Crippen LogP contribution in [0.3, 0.4) is 0 Å². The predicted molar refractivity (Wildman–Crippen MR) is 115 cm³/mol. The molecule has 1 aromatic heterocycles. The molecule has 3 nitrogen and oxygen atoms in total. The summed E-state index contributed by atoms with van der Waals surface area (Å²) in [6, 6.07) is 15.8. The molecule has 1 N–H and O–H groups in total. The average Bonchev–Trinajstić information content (AvgIpc) is 3.15. The molecule has 1 aliphatic heterocycles. The summed E-state index contributed by atoms with van der Waals surface area (Å²) in [6.45, 7) is 15.5. The van der Waals surface area contributed by atoms with E-state index in [9.17, 15) is 0 Å². The first-order chi connectivity index (χ1) is 12.4. The number of rotatable bonds is 4. The van der Waals surface area contributed by atoms with Gasteiger partial charge in [-0.05, 0) is 62.7 Å². The Kier molecular flexibility index (Phi) is 3.87. The van der Waals surface area contributed by atoms with Gasteiger partial charge in [0.25, 0.3) is 0 Å². The summed E-state index contributed by atoms with van der Waals surface area (Å²) < 4.78 is 2.31. The number of aromatic nitrogens is 1. The van der Waals surface area contributed by atoms with Gasteiger partial charge in [0.2, 0.25) is 0 Å². The monoisotopic (exact) mass is 345 g/mol. The highest BCUT2D eigenvalue weighted by molar-refractivity contribution is 5.90. The molecular formula is C23H27N3. The van der Waals surface area contributed by atoms with Gasteiger partial charge in [-0.3, -0.25) is 0 Å². The van der Waals surface area contributed by atoms with E-state index in [4.69, 9.17) is 0 Å². The molecule has 0 atom stereocenters. The second-order valence-corrected chi connectivity index (χ2v) is 7.37. The van der Waals surface area contributed by atoms with Crippen LogP contribution in [0.2, 0.25) is 0 Å². The SMILES string of the molecule is C=C(C)Nc1ccc2c(c1)C(=C)N(c1ccc3c(ccn3C(C)C)c1)C2.[HH]. The first kappa shape index (κ1) is 16.5. The Balaban J connectivity index is 0.00000210. The van der Waals surface area contributed by atoms with Crippen LogP contribution in [-0.4, -0.2) is 4.57 Å². The van der Waals surface area contributed by atoms with Crippen molar-refractivity contribution in [3.63, 3.8) is 0 Å². The number of allylic oxidation sites excluding steroid dienone is 1. The number of fused-ring (bicyclic) bond motifs is 2. The molecule has 134 valence electrons. The van der Waals surface area contributed by atoms with E-state index in [-0.39, 0.29) is 1.43 Å². The van der Waals surface area contributed by atoms with Gasteiger partial charge in [-0.1, -0.05) is 19.2 Å². The number of anilines is 2. The van der Waals surface area contributed by atoms with E-state index in [0.717, 1.165) is 23.6 Å². The van der Waals surface area contributed by atoms with Crippen LogP contribution in [0.4, 0.5) is 11.4 Å². The first-order valence-corrected chi connectivity index (χ1v) is 9.07. The van der Waals surface area contributed by atoms with Gasteiger partial charge in [-0.25, -0.2) is 0 Å². The molecule has 0 fully saturated rings. The minimum absolute atomic E-state index is 0. The van der Waals surface area contributed by atoms with Crippen molar-refractivity contribution in [2.24, 2.45) is 0 Å². The van der Waals surface area contributed by atoms with Crippen molar-refractivity contribution in [3.05, 3.63) is 78.6 Å². The summed E-state index contributed by atoms with van der Waals surface area (Å²) in [5.41, 5.74) is 8.02. The van der Waals surface area contributed by atoms with E-state index in [2.05, 4.69) is 90.5 Å². The molecule has 26 heavy (non-hydrogen) atoms. The molecule has 0 saturated heterocycles. The molecule has 1 aliphatic rings. The van der Waals surface area contributed by atoms with E-state index in [0.29, 0.717) is 6.04 Å². The molecule has 3 aromatic rings. The lowest BCUT2D eigenvalue weighted by molar-refractivity contribution is 0.623. The van der Waals surface area contributed by atoms with Gasteiger partial charge >= 0.3 is 0 Å². The third-order valence-electron chi connectivity index (χ3n) is 5.00. The summed E-state index contributed by atoms with van der Waals surface area (Å²) in [6.07, 6.45) is 2.17. The minimum atomic E-state index is 0. The second kappa shape index (κ2) is 6.10. The number of nitrogens with zero attached hydrogens (tertiary/aromatic N) is 2. The fourth-order valence-corrected chi connectivity index (χ4v) is 3.74. The van der Waals surface area contributed by atoms with Crippen LogP contribution in [-0.2, 0) is 6.54 Å². The van der Waals surface area contributed by atoms with Crippen LogP contribution in [0.5, 0.6) is 0 Å². The zero-order valence-electron chi connectivity index (χ0n) is 15.7. The third kappa shape index (κ3) is 2.70. The minimum Gasteiger partial charge on any atom is -0.360 e. The Bertz CT molecular complexity index is 1030. The molecule has 0 radical (unpaired) electrons. The molecule has 0 spiro atoms. The quantitative estimate of drug-likeness (QED) is 0.590. The summed E-state index contributed by atoms with van der Waals surface area (Å²) >= 11 is 0. The topological polar surface area (TPSA) is 20.2 Å². The van der Waals surface area contributed by atoms with Crippen LogP contribution < -0.4 is 10.2 Å². The van der Waals surface area contributed by atoms with E-state index >= 15 is 0 Å². The fourth-order valence-electron chi connectivity index (χ4n) is 3.74. The zero-order valence-corrected chi connectivity index (χ0v) is 15.7. The third-order valence-corrected chi connectivity index (χ3v) is 5.00. The van der Waals surface area contributed by atoms with Gasteiger partial charge in [0.1, 0.15) is 0 Å². The highest BCUT2D eigenvalue weighted by atomic mass is 15.2. The van der Waals surface area contributed by atoms with Crippen molar-refractivity contribution in [1.82, 2.24) is 4.57 Å². The normalized spacial score (nSPS) is 13.5. The standard InChI is InChI=1S/C23H25N3.H2/c1-15(2)24-20-7-6-19-14-26(17(5)22(19)13-20)21-8-9-23-18(12-21)10-11-25(23)16(3)4;/h6-13,16,24H,1,5,14H2,2-4H3;1H. The lowest BCUT2D eigenvalue weighted by Crippen LogP contribution is -2.12. The van der Waals surface area contributed by atoms with Crippen LogP contribution in [0.1, 0.15) is 39.4 Å². The molecular weight excluding hydrogens is 318 g/mol. The van der Waals surface area contributed by atoms with Crippen molar-refractivity contribution in [2.75, 3.05) is 10.2 Å². The maximum atomic E-state index is 4.36. The molecule has 3 heteroatoms. The number of nitrogens with one attached hydrogen (secondary N) is 1. The van der Waals surface area contributed by atoms with Crippen LogP contribution in [0, 0.1) is 0 Å². The average molecular weight is 345 g/mol. The second-order valence-electron chi connectivity index (χ2n) is 7.37. The summed E-state index contributed by atoms with van der Waals surface area (Å²) in [7, 11) is 0. The van der Waals surface area contributed by atoms with Gasteiger partial charge in [0, 0.05) is 59.4 Å². The van der Waals surface area contributed by atoms with Crippen molar-refractivity contribution in [1.29, 1.82) is 0 Å². The molecule has 0 unspecified atom stereocenters. The van der Waals surface area contributed by atoms with E-state index in [1.807, 2.05) is 6.92 Å². The summed E-state index contributed by atoms with van der Waals surface area (Å²) in [4.78, 5) is 2.29. The highest BCUT2D eigenvalue weighted by Gasteiger charge is 2.24. The van der Waals surface area contributed by atoms with Gasteiger partial charge in [0.15, 0.2) is 0 Å². The summed E-state index contributed by atoms with van der Waals surface area (Å²) in [5.74, 6) is 0. The van der Waals surface area contributed by atoms with Crippen molar-refractivity contribution >= 4 is 28.0 Å². The van der Waals surface area contributed by atoms with Gasteiger partial charge in [-0.2, -0.15) is 0 Å². The molecule has 0 bridgehead atoms. The molecule has 0 aliphatic carbocycles. The Labute approximate surface area is 156 Å². The number of hydrogen-bond acceptors (Lipinski definition) is 2. The van der Waals surface area contributed by atoms with Crippen molar-refractivity contribution in [3.8, 4) is 0 Å². The van der Waals surface area contributed by atoms with Crippen molar-refractivity contribution in [2.45, 2.75) is 33.4 Å². The van der Waals surface area contributed by atoms with Crippen LogP contribution in [0.15, 0.2) is 67.5 Å². The maximum absolute atomic E-state index is 4.36. The predicted octanol–water partition coefficient (Wildman–Crippen LogP) is 6.40. The maximum Gasteiger partial charge on any atom is 0.0488 e. The Morgan fingerprint density at radius 1 is 1.15 bits per heavy atom. The largest absolute Gasteiger partial charge is 0.360 e. The number of hydrogen-bond donors (Lipinski definition) is 1. The molecule has 2 heterocycles. The van der Waals surface area contributed by atoms with Crippen molar-refractivity contribution < 1.29 is 1.43 Å². The van der Waals surface area contributed by atoms with E-state index < -0.39 is 0 Å². The van der Waals surface area contributed by atoms with E-state index in [1.54, 1.807) is 0 Å². The van der Waals surface area contributed by atoms with Gasteiger partial charge in [0.05, 0.1) is 0 Å². The lowest BCUT2D eigenvalue weighted by atomic mass is 10.1. The Morgan fingerprint density at radius 2 is 1.96 bits per heavy atom. The van der Waals surface area contributed by atoms with E-state index in [1.165, 1.54) is 27.7 Å². The lowest BCUT2D eigenvalue weighted by Gasteiger charge is -2.20. The Hall–Kier alpha value is -2.94. The molecule has 0 amide bonds. The van der Waals surface area contributed by atoms with Crippen LogP contribution in [0.25, 0.3) is 16.6 Å². The first-order valence-electron chi connectivity index (χ1n) is 9.07. The van der Waals surface area contributed by atoms with Gasteiger partial charge in [-0.15, -0.1) is 0 Å². The fraction of sp³-hybridized carbons (Fsp3) is 0.217. The number of benzene rings is 2. The smallest absolute Gasteiger partial charge is 0.0488 e. The Morgan fingerprint density at radius 3 is 2.69 bits per heavy atom.